The second kappa shape index (κ2) is 6.92. The molecule has 1 fully saturated rings. The largest absolute Gasteiger partial charge is 0.355 e. The van der Waals surface area contributed by atoms with Crippen LogP contribution in [0.4, 0.5) is 0 Å². The van der Waals surface area contributed by atoms with Crippen LogP contribution in [0.15, 0.2) is 24.3 Å². The van der Waals surface area contributed by atoms with Gasteiger partial charge in [-0.05, 0) is 36.8 Å². The molecule has 1 amide bonds. The summed E-state index contributed by atoms with van der Waals surface area (Å²) in [5, 5.41) is 7.01. The summed E-state index contributed by atoms with van der Waals surface area (Å²) in [6.07, 6.45) is 3.10. The molecule has 104 valence electrons. The number of benzene rings is 1. The Morgan fingerprint density at radius 1 is 1.37 bits per heavy atom. The van der Waals surface area contributed by atoms with Crippen molar-refractivity contribution in [2.75, 3.05) is 13.1 Å². The van der Waals surface area contributed by atoms with Gasteiger partial charge in [-0.2, -0.15) is 0 Å². The Bertz CT molecular complexity index is 430. The summed E-state index contributed by atoms with van der Waals surface area (Å²) in [5.74, 6) is 0.618. The first-order valence-corrected chi connectivity index (χ1v) is 7.33. The van der Waals surface area contributed by atoms with E-state index in [1.807, 2.05) is 25.1 Å². The third-order valence-corrected chi connectivity index (χ3v) is 3.95. The molecule has 1 aliphatic rings. The Balaban J connectivity index is 1.69. The monoisotopic (exact) mass is 280 g/mol. The molecule has 4 heteroatoms. The Morgan fingerprint density at radius 2 is 2.11 bits per heavy atom. The molecular weight excluding hydrogens is 260 g/mol. The number of nitrogens with one attached hydrogen (secondary N) is 2. The normalized spacial score (nSPS) is 21.8. The summed E-state index contributed by atoms with van der Waals surface area (Å²) >= 11 is 6.18. The van der Waals surface area contributed by atoms with E-state index in [4.69, 9.17) is 11.6 Å². The van der Waals surface area contributed by atoms with E-state index in [1.54, 1.807) is 0 Å². The summed E-state index contributed by atoms with van der Waals surface area (Å²) < 4.78 is 0. The van der Waals surface area contributed by atoms with Gasteiger partial charge in [0, 0.05) is 17.6 Å². The number of halogens is 1. The van der Waals surface area contributed by atoms with Crippen LogP contribution in [0, 0.1) is 0 Å². The van der Waals surface area contributed by atoms with Crippen LogP contribution in [0.5, 0.6) is 0 Å². The minimum absolute atomic E-state index is 0.0862. The van der Waals surface area contributed by atoms with Crippen molar-refractivity contribution in [3.05, 3.63) is 34.9 Å². The van der Waals surface area contributed by atoms with Crippen LogP contribution in [-0.2, 0) is 4.79 Å². The van der Waals surface area contributed by atoms with Gasteiger partial charge >= 0.3 is 0 Å². The predicted molar refractivity (Wildman–Crippen MR) is 78.5 cm³/mol. The van der Waals surface area contributed by atoms with Crippen molar-refractivity contribution in [3.8, 4) is 0 Å². The summed E-state index contributed by atoms with van der Waals surface area (Å²) in [7, 11) is 0. The lowest BCUT2D eigenvalue weighted by molar-refractivity contribution is -0.120. The quantitative estimate of drug-likeness (QED) is 0.841. The van der Waals surface area contributed by atoms with E-state index in [-0.39, 0.29) is 5.91 Å². The number of hydrogen-bond donors (Lipinski definition) is 2. The second-order valence-corrected chi connectivity index (χ2v) is 5.52. The van der Waals surface area contributed by atoms with Crippen LogP contribution in [0.2, 0.25) is 5.02 Å². The van der Waals surface area contributed by atoms with Crippen LogP contribution in [0.1, 0.15) is 37.7 Å². The SMILES string of the molecule is CCCNC(=O)CNC1CC(c2ccccc2Cl)C1. The van der Waals surface area contributed by atoms with Crippen LogP contribution in [0.25, 0.3) is 0 Å². The van der Waals surface area contributed by atoms with Gasteiger partial charge in [0.1, 0.15) is 0 Å². The third kappa shape index (κ3) is 3.95. The van der Waals surface area contributed by atoms with E-state index in [2.05, 4.69) is 16.7 Å². The minimum Gasteiger partial charge on any atom is -0.355 e. The van der Waals surface area contributed by atoms with E-state index in [0.717, 1.165) is 30.8 Å². The topological polar surface area (TPSA) is 41.1 Å². The highest BCUT2D eigenvalue weighted by Crippen LogP contribution is 2.39. The van der Waals surface area contributed by atoms with Gasteiger partial charge in [0.15, 0.2) is 0 Å². The zero-order chi connectivity index (χ0) is 13.7. The van der Waals surface area contributed by atoms with Crippen molar-refractivity contribution >= 4 is 17.5 Å². The molecule has 0 heterocycles. The smallest absolute Gasteiger partial charge is 0.233 e. The number of amides is 1. The van der Waals surface area contributed by atoms with E-state index in [1.165, 1.54) is 5.56 Å². The standard InChI is InChI=1S/C15H21ClN2O/c1-2-7-17-15(19)10-18-12-8-11(9-12)13-5-3-4-6-14(13)16/h3-6,11-12,18H,2,7-10H2,1H3,(H,17,19). The first kappa shape index (κ1) is 14.4. The van der Waals surface area contributed by atoms with Gasteiger partial charge in [0.25, 0.3) is 0 Å². The van der Waals surface area contributed by atoms with Gasteiger partial charge < -0.3 is 10.6 Å². The fourth-order valence-corrected chi connectivity index (χ4v) is 2.70. The predicted octanol–water partition coefficient (Wildman–Crippen LogP) is 2.70. The zero-order valence-corrected chi connectivity index (χ0v) is 12.0. The molecule has 1 saturated carbocycles. The summed E-state index contributed by atoms with van der Waals surface area (Å²) in [6, 6.07) is 8.46. The Morgan fingerprint density at radius 3 is 2.79 bits per heavy atom. The lowest BCUT2D eigenvalue weighted by atomic mass is 9.76. The molecule has 1 aliphatic carbocycles. The highest BCUT2D eigenvalue weighted by atomic mass is 35.5. The molecule has 1 aromatic carbocycles. The Labute approximate surface area is 119 Å². The minimum atomic E-state index is 0.0862. The molecule has 19 heavy (non-hydrogen) atoms. The molecule has 0 radical (unpaired) electrons. The van der Waals surface area contributed by atoms with Gasteiger partial charge in [-0.3, -0.25) is 4.79 Å². The Hall–Kier alpha value is -1.06. The summed E-state index contributed by atoms with van der Waals surface area (Å²) in [6.45, 7) is 3.22. The van der Waals surface area contributed by atoms with Crippen molar-refractivity contribution in [2.24, 2.45) is 0 Å². The molecule has 0 unspecified atom stereocenters. The summed E-state index contributed by atoms with van der Waals surface area (Å²) in [4.78, 5) is 11.5. The molecule has 0 spiro atoms. The van der Waals surface area contributed by atoms with Crippen molar-refractivity contribution in [3.63, 3.8) is 0 Å². The lowest BCUT2D eigenvalue weighted by Crippen LogP contribution is -2.45. The molecule has 0 saturated heterocycles. The third-order valence-electron chi connectivity index (χ3n) is 3.61. The van der Waals surface area contributed by atoms with Gasteiger partial charge in [-0.25, -0.2) is 0 Å². The summed E-state index contributed by atoms with van der Waals surface area (Å²) in [5.41, 5.74) is 1.23. The van der Waals surface area contributed by atoms with Crippen molar-refractivity contribution in [1.29, 1.82) is 0 Å². The first-order valence-electron chi connectivity index (χ1n) is 6.95. The highest BCUT2D eigenvalue weighted by Gasteiger charge is 2.31. The van der Waals surface area contributed by atoms with Crippen molar-refractivity contribution in [2.45, 2.75) is 38.1 Å². The van der Waals surface area contributed by atoms with Crippen molar-refractivity contribution in [1.82, 2.24) is 10.6 Å². The van der Waals surface area contributed by atoms with E-state index in [0.29, 0.717) is 18.5 Å². The van der Waals surface area contributed by atoms with Crippen LogP contribution < -0.4 is 10.6 Å². The highest BCUT2D eigenvalue weighted by molar-refractivity contribution is 6.31. The molecule has 2 N–H and O–H groups in total. The maximum absolute atomic E-state index is 11.5. The molecule has 1 aromatic rings. The number of hydrogen-bond acceptors (Lipinski definition) is 2. The maximum atomic E-state index is 11.5. The number of carbonyl (C=O) groups is 1. The maximum Gasteiger partial charge on any atom is 0.233 e. The fourth-order valence-electron chi connectivity index (χ4n) is 2.41. The van der Waals surface area contributed by atoms with Crippen molar-refractivity contribution < 1.29 is 4.79 Å². The van der Waals surface area contributed by atoms with Gasteiger partial charge in [-0.1, -0.05) is 36.7 Å². The number of rotatable bonds is 6. The lowest BCUT2D eigenvalue weighted by Gasteiger charge is -2.36. The van der Waals surface area contributed by atoms with E-state index >= 15 is 0 Å². The molecule has 0 bridgehead atoms. The Kier molecular flexibility index (Phi) is 5.23. The molecule has 2 rings (SSSR count). The van der Waals surface area contributed by atoms with E-state index in [9.17, 15) is 4.79 Å². The molecule has 3 nitrogen and oxygen atoms in total. The molecule has 0 atom stereocenters. The average molecular weight is 281 g/mol. The number of carbonyl (C=O) groups excluding carboxylic acids is 1. The van der Waals surface area contributed by atoms with Gasteiger partial charge in [-0.15, -0.1) is 0 Å². The van der Waals surface area contributed by atoms with Gasteiger partial charge in [0.2, 0.25) is 5.91 Å². The van der Waals surface area contributed by atoms with Gasteiger partial charge in [0.05, 0.1) is 6.54 Å². The van der Waals surface area contributed by atoms with Crippen LogP contribution >= 0.6 is 11.6 Å². The first-order chi connectivity index (χ1) is 9.20. The van der Waals surface area contributed by atoms with E-state index < -0.39 is 0 Å². The molecule has 0 aliphatic heterocycles. The van der Waals surface area contributed by atoms with Crippen LogP contribution in [-0.4, -0.2) is 25.0 Å². The van der Waals surface area contributed by atoms with Crippen LogP contribution in [0.3, 0.4) is 0 Å². The molecule has 0 aromatic heterocycles. The average Bonchev–Trinajstić information content (AvgIpc) is 2.36. The fraction of sp³-hybridized carbons (Fsp3) is 0.533. The molecular formula is C15H21ClN2O. The zero-order valence-electron chi connectivity index (χ0n) is 11.3. The second-order valence-electron chi connectivity index (χ2n) is 5.12.